The Morgan fingerprint density at radius 1 is 0.969 bits per heavy atom. The third kappa shape index (κ3) is 4.42. The first kappa shape index (κ1) is 21.4. The fourth-order valence-electron chi connectivity index (χ4n) is 3.67. The number of aryl methyl sites for hydroxylation is 1. The van der Waals surface area contributed by atoms with E-state index < -0.39 is 0 Å². The van der Waals surface area contributed by atoms with E-state index in [1.54, 1.807) is 12.1 Å². The highest BCUT2D eigenvalue weighted by Crippen LogP contribution is 2.29. The predicted molar refractivity (Wildman–Crippen MR) is 128 cm³/mol. The maximum atomic E-state index is 12.9. The smallest absolute Gasteiger partial charge is 0.193 e. The lowest BCUT2D eigenvalue weighted by atomic mass is 10.00. The number of ether oxygens (including phenoxy) is 1. The van der Waals surface area contributed by atoms with Crippen molar-refractivity contribution in [2.75, 3.05) is 26.1 Å². The van der Waals surface area contributed by atoms with Gasteiger partial charge in [-0.3, -0.25) is 9.59 Å². The molecule has 0 aliphatic carbocycles. The van der Waals surface area contributed by atoms with Crippen molar-refractivity contribution in [2.45, 2.75) is 12.8 Å². The van der Waals surface area contributed by atoms with Gasteiger partial charge in [0.2, 0.25) is 0 Å². The van der Waals surface area contributed by atoms with Gasteiger partial charge in [-0.15, -0.1) is 0 Å². The number of carbonyl (C=O) groups excluding carboxylic acids is 1. The average molecular weight is 428 g/mol. The minimum absolute atomic E-state index is 0.0737. The largest absolute Gasteiger partial charge is 0.496 e. The van der Waals surface area contributed by atoms with Crippen molar-refractivity contribution >= 4 is 22.4 Å². The number of hydrogen-bond acceptors (Lipinski definition) is 5. The van der Waals surface area contributed by atoms with Gasteiger partial charge in [0, 0.05) is 43.9 Å². The quantitative estimate of drug-likeness (QED) is 0.372. The molecule has 32 heavy (non-hydrogen) atoms. The fraction of sp³-hybridized carbons (Fsp3) is 0.185. The first-order valence-corrected chi connectivity index (χ1v) is 10.5. The molecule has 0 fully saturated rings. The third-order valence-corrected chi connectivity index (χ3v) is 5.50. The predicted octanol–water partition coefficient (Wildman–Crippen LogP) is 5.35. The lowest BCUT2D eigenvalue weighted by Gasteiger charge is -2.13. The molecule has 0 atom stereocenters. The molecular formula is C27H25NO4. The Bertz CT molecular complexity index is 1310. The second-order valence-electron chi connectivity index (χ2n) is 7.87. The van der Waals surface area contributed by atoms with Crippen LogP contribution in [0.3, 0.4) is 0 Å². The van der Waals surface area contributed by atoms with Gasteiger partial charge in [-0.25, -0.2) is 0 Å². The number of methoxy groups -OCH3 is 1. The summed E-state index contributed by atoms with van der Waals surface area (Å²) in [5.74, 6) is 0.798. The third-order valence-electron chi connectivity index (χ3n) is 5.50. The number of carbonyl (C=O) groups is 1. The summed E-state index contributed by atoms with van der Waals surface area (Å²) in [6.07, 6.45) is 0.949. The van der Waals surface area contributed by atoms with Gasteiger partial charge in [0.25, 0.3) is 0 Å². The maximum Gasteiger partial charge on any atom is 0.193 e. The lowest BCUT2D eigenvalue weighted by molar-refractivity contribution is 0.0980. The van der Waals surface area contributed by atoms with Crippen LogP contribution in [0.25, 0.3) is 22.3 Å². The molecule has 0 radical (unpaired) electrons. The molecule has 162 valence electrons. The molecule has 1 heterocycles. The van der Waals surface area contributed by atoms with Gasteiger partial charge in [-0.05, 0) is 42.3 Å². The highest BCUT2D eigenvalue weighted by Gasteiger charge is 2.17. The summed E-state index contributed by atoms with van der Waals surface area (Å²) < 4.78 is 11.5. The average Bonchev–Trinajstić information content (AvgIpc) is 2.82. The Hall–Kier alpha value is -3.86. The SMILES string of the molecule is COc1cc2oc(-c3ccc(N(C)C)cc3)cc(=O)c2cc1C(=O)CCc1ccccc1. The number of rotatable bonds is 7. The van der Waals surface area contributed by atoms with Crippen molar-refractivity contribution in [2.24, 2.45) is 0 Å². The molecule has 3 aromatic carbocycles. The summed E-state index contributed by atoms with van der Waals surface area (Å²) in [5.41, 5.74) is 3.53. The van der Waals surface area contributed by atoms with Crippen LogP contribution in [0.1, 0.15) is 22.3 Å². The van der Waals surface area contributed by atoms with Crippen molar-refractivity contribution in [3.05, 3.63) is 94.1 Å². The molecule has 0 aliphatic heterocycles. The zero-order chi connectivity index (χ0) is 22.7. The van der Waals surface area contributed by atoms with Crippen LogP contribution < -0.4 is 15.1 Å². The number of hydrogen-bond donors (Lipinski definition) is 0. The van der Waals surface area contributed by atoms with Crippen molar-refractivity contribution in [1.82, 2.24) is 0 Å². The Morgan fingerprint density at radius 2 is 1.69 bits per heavy atom. The van der Waals surface area contributed by atoms with Gasteiger partial charge in [0.1, 0.15) is 17.1 Å². The normalized spacial score (nSPS) is 10.8. The van der Waals surface area contributed by atoms with Gasteiger partial charge in [0.15, 0.2) is 11.2 Å². The molecule has 0 N–H and O–H groups in total. The molecule has 5 heteroatoms. The van der Waals surface area contributed by atoms with Crippen molar-refractivity contribution in [1.29, 1.82) is 0 Å². The number of nitrogens with zero attached hydrogens (tertiary/aromatic N) is 1. The molecule has 0 unspecified atom stereocenters. The lowest BCUT2D eigenvalue weighted by Crippen LogP contribution is -2.08. The van der Waals surface area contributed by atoms with E-state index in [0.29, 0.717) is 40.9 Å². The number of Topliss-reactive ketones (excluding diaryl/α,β-unsaturated/α-hetero) is 1. The minimum atomic E-state index is -0.197. The Labute approximate surface area is 186 Å². The van der Waals surface area contributed by atoms with Crippen molar-refractivity contribution in [3.63, 3.8) is 0 Å². The number of ketones is 1. The Morgan fingerprint density at radius 3 is 2.34 bits per heavy atom. The standard InChI is InChI=1S/C27H25NO4/c1-28(2)20-12-10-19(11-13-20)25-16-24(30)22-15-21(26(31-3)17-27(22)32-25)23(29)14-9-18-7-5-4-6-8-18/h4-8,10-13,15-17H,9,14H2,1-3H3. The zero-order valence-electron chi connectivity index (χ0n) is 18.4. The van der Waals surface area contributed by atoms with Gasteiger partial charge in [0.05, 0.1) is 18.1 Å². The summed E-state index contributed by atoms with van der Waals surface area (Å²) in [6, 6.07) is 22.3. The van der Waals surface area contributed by atoms with E-state index in [9.17, 15) is 9.59 Å². The highest BCUT2D eigenvalue weighted by molar-refractivity contribution is 6.02. The summed E-state index contributed by atoms with van der Waals surface area (Å²) in [6.45, 7) is 0. The van der Waals surface area contributed by atoms with Crippen LogP contribution >= 0.6 is 0 Å². The van der Waals surface area contributed by atoms with Gasteiger partial charge in [-0.1, -0.05) is 30.3 Å². The van der Waals surface area contributed by atoms with Crippen molar-refractivity contribution < 1.29 is 13.9 Å². The van der Waals surface area contributed by atoms with E-state index >= 15 is 0 Å². The van der Waals surface area contributed by atoms with Gasteiger partial charge in [-0.2, -0.15) is 0 Å². The first-order valence-electron chi connectivity index (χ1n) is 10.5. The molecular weight excluding hydrogens is 402 g/mol. The molecule has 0 saturated heterocycles. The van der Waals surface area contributed by atoms with Crippen LogP contribution in [0.15, 0.2) is 82.0 Å². The summed E-state index contributed by atoms with van der Waals surface area (Å²) in [5, 5.41) is 0.363. The minimum Gasteiger partial charge on any atom is -0.496 e. The number of benzene rings is 3. The summed E-state index contributed by atoms with van der Waals surface area (Å²) in [4.78, 5) is 27.8. The Balaban J connectivity index is 1.68. The second kappa shape index (κ2) is 9.10. The van der Waals surface area contributed by atoms with E-state index in [2.05, 4.69) is 0 Å². The van der Waals surface area contributed by atoms with Crippen LogP contribution in [0.2, 0.25) is 0 Å². The van der Waals surface area contributed by atoms with Crippen LogP contribution in [-0.2, 0) is 6.42 Å². The molecule has 0 aliphatic rings. The molecule has 0 saturated carbocycles. The molecule has 5 nitrogen and oxygen atoms in total. The van der Waals surface area contributed by atoms with E-state index in [1.165, 1.54) is 13.2 Å². The molecule has 4 rings (SSSR count). The Kier molecular flexibility index (Phi) is 6.08. The molecule has 4 aromatic rings. The zero-order valence-corrected chi connectivity index (χ0v) is 18.4. The van der Waals surface area contributed by atoms with Crippen LogP contribution in [0.5, 0.6) is 5.75 Å². The van der Waals surface area contributed by atoms with Gasteiger partial charge >= 0.3 is 0 Å². The van der Waals surface area contributed by atoms with Crippen LogP contribution in [-0.4, -0.2) is 27.0 Å². The monoisotopic (exact) mass is 427 g/mol. The van der Waals surface area contributed by atoms with E-state index in [0.717, 1.165) is 16.8 Å². The summed E-state index contributed by atoms with van der Waals surface area (Å²) in [7, 11) is 5.45. The van der Waals surface area contributed by atoms with E-state index in [-0.39, 0.29) is 11.2 Å². The highest BCUT2D eigenvalue weighted by atomic mass is 16.5. The second-order valence-corrected chi connectivity index (χ2v) is 7.87. The molecule has 1 aromatic heterocycles. The number of anilines is 1. The van der Waals surface area contributed by atoms with Crippen molar-refractivity contribution in [3.8, 4) is 17.1 Å². The van der Waals surface area contributed by atoms with E-state index in [1.807, 2.05) is 73.6 Å². The molecule has 0 amide bonds. The van der Waals surface area contributed by atoms with Crippen LogP contribution in [0.4, 0.5) is 5.69 Å². The maximum absolute atomic E-state index is 12.9. The topological polar surface area (TPSA) is 59.8 Å². The fourth-order valence-corrected chi connectivity index (χ4v) is 3.67. The first-order chi connectivity index (χ1) is 15.5. The number of fused-ring (bicyclic) bond motifs is 1. The molecule has 0 spiro atoms. The van der Waals surface area contributed by atoms with E-state index in [4.69, 9.17) is 9.15 Å². The molecule has 0 bridgehead atoms. The van der Waals surface area contributed by atoms with Crippen LogP contribution in [0, 0.1) is 0 Å². The van der Waals surface area contributed by atoms with Gasteiger partial charge < -0.3 is 14.1 Å². The summed E-state index contributed by atoms with van der Waals surface area (Å²) >= 11 is 0.